The highest BCUT2D eigenvalue weighted by atomic mass is 16.2. The van der Waals surface area contributed by atoms with Crippen molar-refractivity contribution in [2.45, 2.75) is 45.6 Å². The molecule has 30 heavy (non-hydrogen) atoms. The Kier molecular flexibility index (Phi) is 7.27. The van der Waals surface area contributed by atoms with Crippen molar-refractivity contribution in [1.82, 2.24) is 5.32 Å². The fourth-order valence-electron chi connectivity index (χ4n) is 4.80. The number of para-hydroxylation sites is 1. The van der Waals surface area contributed by atoms with E-state index < -0.39 is 0 Å². The first-order valence-electron chi connectivity index (χ1n) is 10.9. The molecule has 1 aliphatic heterocycles. The van der Waals surface area contributed by atoms with E-state index in [1.165, 1.54) is 5.56 Å². The van der Waals surface area contributed by atoms with Crippen LogP contribution in [0.15, 0.2) is 48.5 Å². The Labute approximate surface area is 180 Å². The standard InChI is InChI=1S/C25H33N3O2/c1-19-11-10-12-20(2)25(19)27-24(30)18-28(17-23(29)26-3)16-9-5-8-15-22(28)21-13-6-4-7-14-21/h4,6-7,10-14,22H,5,8-9,15-18H2,1-3H3,(H-,26,27,29,30)/p+1. The molecule has 2 amide bonds. The normalized spacial score (nSPS) is 21.5. The summed E-state index contributed by atoms with van der Waals surface area (Å²) in [7, 11) is 1.67. The van der Waals surface area contributed by atoms with Crippen molar-refractivity contribution in [3.8, 4) is 0 Å². The number of quaternary nitrogens is 1. The molecule has 5 heteroatoms. The molecule has 0 saturated carbocycles. The third-order valence-electron chi connectivity index (χ3n) is 6.37. The van der Waals surface area contributed by atoms with Crippen molar-refractivity contribution in [1.29, 1.82) is 0 Å². The van der Waals surface area contributed by atoms with Gasteiger partial charge in [-0.3, -0.25) is 9.59 Å². The lowest BCUT2D eigenvalue weighted by Gasteiger charge is -2.43. The van der Waals surface area contributed by atoms with E-state index in [-0.39, 0.29) is 17.9 Å². The van der Waals surface area contributed by atoms with Gasteiger partial charge >= 0.3 is 0 Å². The fourth-order valence-corrected chi connectivity index (χ4v) is 4.80. The predicted octanol–water partition coefficient (Wildman–Crippen LogP) is 4.12. The lowest BCUT2D eigenvalue weighted by molar-refractivity contribution is -0.942. The number of nitrogens with zero attached hydrogens (tertiary/aromatic N) is 1. The molecule has 0 spiro atoms. The van der Waals surface area contributed by atoms with Crippen LogP contribution >= 0.6 is 0 Å². The summed E-state index contributed by atoms with van der Waals surface area (Å²) >= 11 is 0. The van der Waals surface area contributed by atoms with E-state index in [4.69, 9.17) is 0 Å². The molecule has 1 fully saturated rings. The SMILES string of the molecule is CNC(=O)C[N+]1(CC(=O)Nc2c(C)cccc2C)CCCCCC1c1ccccc1. The second kappa shape index (κ2) is 9.90. The third kappa shape index (κ3) is 5.08. The molecule has 2 aromatic carbocycles. The first-order valence-corrected chi connectivity index (χ1v) is 10.9. The minimum absolute atomic E-state index is 0.0160. The molecule has 160 valence electrons. The summed E-state index contributed by atoms with van der Waals surface area (Å²) in [6, 6.07) is 16.5. The summed E-state index contributed by atoms with van der Waals surface area (Å²) in [5.74, 6) is -0.0446. The average Bonchev–Trinajstić information content (AvgIpc) is 2.93. The fraction of sp³-hybridized carbons (Fsp3) is 0.440. The number of likely N-dealkylation sites (tertiary alicyclic amines) is 1. The van der Waals surface area contributed by atoms with Gasteiger partial charge < -0.3 is 15.1 Å². The van der Waals surface area contributed by atoms with E-state index in [2.05, 4.69) is 22.8 Å². The van der Waals surface area contributed by atoms with Crippen molar-refractivity contribution in [2.24, 2.45) is 0 Å². The van der Waals surface area contributed by atoms with E-state index >= 15 is 0 Å². The number of carbonyl (C=O) groups is 2. The van der Waals surface area contributed by atoms with Gasteiger partial charge in [-0.15, -0.1) is 0 Å². The Balaban J connectivity index is 1.94. The monoisotopic (exact) mass is 408 g/mol. The zero-order valence-electron chi connectivity index (χ0n) is 18.4. The zero-order chi connectivity index (χ0) is 21.6. The highest BCUT2D eigenvalue weighted by Gasteiger charge is 2.42. The van der Waals surface area contributed by atoms with Gasteiger partial charge in [0, 0.05) is 24.7 Å². The highest BCUT2D eigenvalue weighted by Crippen LogP contribution is 2.37. The maximum atomic E-state index is 13.3. The van der Waals surface area contributed by atoms with E-state index in [1.807, 2.05) is 50.2 Å². The molecule has 2 atom stereocenters. The second-order valence-corrected chi connectivity index (χ2v) is 8.52. The number of hydrogen-bond donors (Lipinski definition) is 2. The summed E-state index contributed by atoms with van der Waals surface area (Å²) in [6.45, 7) is 5.45. The molecule has 0 bridgehead atoms. The molecule has 5 nitrogen and oxygen atoms in total. The smallest absolute Gasteiger partial charge is 0.279 e. The third-order valence-corrected chi connectivity index (χ3v) is 6.37. The van der Waals surface area contributed by atoms with E-state index in [0.717, 1.165) is 49.0 Å². The Morgan fingerprint density at radius 1 is 0.900 bits per heavy atom. The number of rotatable bonds is 6. The maximum absolute atomic E-state index is 13.3. The Morgan fingerprint density at radius 3 is 2.23 bits per heavy atom. The molecule has 1 saturated heterocycles. The summed E-state index contributed by atoms with van der Waals surface area (Å²) in [4.78, 5) is 25.9. The van der Waals surface area contributed by atoms with Crippen molar-refractivity contribution < 1.29 is 14.1 Å². The van der Waals surface area contributed by atoms with Gasteiger partial charge in [0.2, 0.25) is 0 Å². The quantitative estimate of drug-likeness (QED) is 0.707. The largest absolute Gasteiger partial charge is 0.354 e. The van der Waals surface area contributed by atoms with Gasteiger partial charge in [-0.05, 0) is 44.2 Å². The summed E-state index contributed by atoms with van der Waals surface area (Å²) in [5, 5.41) is 5.93. The first-order chi connectivity index (χ1) is 14.4. The van der Waals surface area contributed by atoms with Crippen LogP contribution in [0.5, 0.6) is 0 Å². The van der Waals surface area contributed by atoms with Crippen LogP contribution in [0.2, 0.25) is 0 Å². The molecule has 3 rings (SSSR count). The molecule has 2 aromatic rings. The van der Waals surface area contributed by atoms with Crippen molar-refractivity contribution in [3.05, 3.63) is 65.2 Å². The maximum Gasteiger partial charge on any atom is 0.279 e. The Bertz CT molecular complexity index is 861. The Morgan fingerprint density at radius 2 is 1.57 bits per heavy atom. The minimum atomic E-state index is -0.0286. The number of amides is 2. The van der Waals surface area contributed by atoms with Gasteiger partial charge in [0.05, 0.1) is 6.54 Å². The average molecular weight is 409 g/mol. The summed E-state index contributed by atoms with van der Waals surface area (Å²) in [6.07, 6.45) is 4.26. The van der Waals surface area contributed by atoms with Crippen molar-refractivity contribution >= 4 is 17.5 Å². The lowest BCUT2D eigenvalue weighted by atomic mass is 9.98. The van der Waals surface area contributed by atoms with Crippen LogP contribution in [-0.2, 0) is 9.59 Å². The molecule has 2 N–H and O–H groups in total. The topological polar surface area (TPSA) is 58.2 Å². The summed E-state index contributed by atoms with van der Waals surface area (Å²) in [5.41, 5.74) is 4.20. The minimum Gasteiger partial charge on any atom is -0.354 e. The molecule has 0 radical (unpaired) electrons. The molecule has 2 unspecified atom stereocenters. The number of hydrogen-bond acceptors (Lipinski definition) is 2. The lowest BCUT2D eigenvalue weighted by Crippen LogP contribution is -2.58. The van der Waals surface area contributed by atoms with E-state index in [9.17, 15) is 9.59 Å². The van der Waals surface area contributed by atoms with Gasteiger partial charge in [-0.1, -0.05) is 48.5 Å². The summed E-state index contributed by atoms with van der Waals surface area (Å²) < 4.78 is 0.473. The van der Waals surface area contributed by atoms with Crippen molar-refractivity contribution in [2.75, 3.05) is 32.0 Å². The van der Waals surface area contributed by atoms with Crippen molar-refractivity contribution in [3.63, 3.8) is 0 Å². The van der Waals surface area contributed by atoms with Gasteiger partial charge in [-0.25, -0.2) is 0 Å². The predicted molar refractivity (Wildman–Crippen MR) is 121 cm³/mol. The highest BCUT2D eigenvalue weighted by molar-refractivity contribution is 5.93. The number of benzene rings is 2. The van der Waals surface area contributed by atoms with Gasteiger partial charge in [0.15, 0.2) is 13.1 Å². The number of carbonyl (C=O) groups excluding carboxylic acids is 2. The van der Waals surface area contributed by atoms with Crippen LogP contribution in [-0.4, -0.2) is 43.0 Å². The number of nitrogens with one attached hydrogen (secondary N) is 2. The van der Waals surface area contributed by atoms with Crippen LogP contribution < -0.4 is 10.6 Å². The number of anilines is 1. The van der Waals surface area contributed by atoms with E-state index in [0.29, 0.717) is 17.6 Å². The van der Waals surface area contributed by atoms with E-state index in [1.54, 1.807) is 7.05 Å². The molecular formula is C25H34N3O2+. The van der Waals surface area contributed by atoms with Crippen LogP contribution in [0.1, 0.15) is 48.4 Å². The molecule has 1 heterocycles. The van der Waals surface area contributed by atoms with Crippen LogP contribution in [0.3, 0.4) is 0 Å². The number of likely N-dealkylation sites (N-methyl/N-ethyl adjacent to an activating group) is 1. The molecule has 0 aromatic heterocycles. The first kappa shape index (κ1) is 22.0. The van der Waals surface area contributed by atoms with Gasteiger partial charge in [0.25, 0.3) is 11.8 Å². The van der Waals surface area contributed by atoms with Crippen LogP contribution in [0.25, 0.3) is 0 Å². The zero-order valence-corrected chi connectivity index (χ0v) is 18.4. The van der Waals surface area contributed by atoms with Gasteiger partial charge in [0.1, 0.15) is 6.04 Å². The number of aryl methyl sites for hydroxylation is 2. The molecule has 1 aliphatic rings. The second-order valence-electron chi connectivity index (χ2n) is 8.52. The Hall–Kier alpha value is -2.66. The van der Waals surface area contributed by atoms with Crippen LogP contribution in [0.4, 0.5) is 5.69 Å². The van der Waals surface area contributed by atoms with Crippen LogP contribution in [0, 0.1) is 13.8 Å². The molecular weight excluding hydrogens is 374 g/mol. The van der Waals surface area contributed by atoms with Gasteiger partial charge in [-0.2, -0.15) is 0 Å². The molecule has 0 aliphatic carbocycles.